The molecule has 1 aliphatic heterocycles. The number of carbonyl (C=O) groups is 1. The fourth-order valence-electron chi connectivity index (χ4n) is 3.30. The molecule has 2 aromatic rings. The van der Waals surface area contributed by atoms with Crippen molar-refractivity contribution in [2.75, 3.05) is 13.2 Å². The summed E-state index contributed by atoms with van der Waals surface area (Å²) in [5.41, 5.74) is 1.96. The number of aryl methyl sites for hydroxylation is 1. The molecule has 0 spiro atoms. The van der Waals surface area contributed by atoms with Gasteiger partial charge >= 0.3 is 5.97 Å². The molecular weight excluding hydrogens is 378 g/mol. The summed E-state index contributed by atoms with van der Waals surface area (Å²) in [6, 6.07) is 15.2. The summed E-state index contributed by atoms with van der Waals surface area (Å²) < 4.78 is 39.2. The first-order valence-corrected chi connectivity index (χ1v) is 10.8. The Morgan fingerprint density at radius 1 is 1.18 bits per heavy atom. The number of ether oxygens (including phenoxy) is 2. The second-order valence-corrected chi connectivity index (χ2v) is 8.61. The molecule has 1 aliphatic rings. The molecule has 0 aliphatic carbocycles. The smallest absolute Gasteiger partial charge is 0.324 e. The molecule has 150 valence electrons. The molecule has 6 nitrogen and oxygen atoms in total. The van der Waals surface area contributed by atoms with Crippen LogP contribution < -0.4 is 4.72 Å². The predicted molar refractivity (Wildman–Crippen MR) is 105 cm³/mol. The Kier molecular flexibility index (Phi) is 6.49. The Labute approximate surface area is 165 Å². The second kappa shape index (κ2) is 8.86. The maximum atomic E-state index is 12.8. The van der Waals surface area contributed by atoms with E-state index in [1.165, 1.54) is 12.1 Å². The molecule has 2 aromatic carbocycles. The first kappa shape index (κ1) is 20.5. The average Bonchev–Trinajstić information content (AvgIpc) is 3.17. The van der Waals surface area contributed by atoms with Gasteiger partial charge in [0.15, 0.2) is 0 Å². The zero-order valence-corrected chi connectivity index (χ0v) is 16.8. The Balaban J connectivity index is 1.80. The third-order valence-corrected chi connectivity index (χ3v) is 6.28. The zero-order chi connectivity index (χ0) is 20.1. The van der Waals surface area contributed by atoms with Crippen molar-refractivity contribution in [1.82, 2.24) is 4.72 Å². The van der Waals surface area contributed by atoms with E-state index >= 15 is 0 Å². The lowest BCUT2D eigenvalue weighted by atomic mass is 9.94. The van der Waals surface area contributed by atoms with Gasteiger partial charge in [-0.1, -0.05) is 48.0 Å². The highest BCUT2D eigenvalue weighted by Gasteiger charge is 2.39. The zero-order valence-electron chi connectivity index (χ0n) is 16.0. The van der Waals surface area contributed by atoms with E-state index in [0.29, 0.717) is 6.42 Å². The van der Waals surface area contributed by atoms with Crippen LogP contribution in [0, 0.1) is 12.8 Å². The standard InChI is InChI=1S/C21H25NO5S/c1-3-26-21(23)20(22-28(24,25)18-11-9-15(2)10-12-18)17-13-19(27-14-17)16-7-5-4-6-8-16/h4-12,17,19-20,22H,3,13-14H2,1-2H3/t17-,19+,20+/m0/s1. The number of sulfonamides is 1. The summed E-state index contributed by atoms with van der Waals surface area (Å²) in [5, 5.41) is 0. The molecule has 0 saturated carbocycles. The van der Waals surface area contributed by atoms with E-state index in [1.54, 1.807) is 19.1 Å². The van der Waals surface area contributed by atoms with Crippen molar-refractivity contribution in [3.05, 3.63) is 65.7 Å². The van der Waals surface area contributed by atoms with Crippen LogP contribution in [0.5, 0.6) is 0 Å². The second-order valence-electron chi connectivity index (χ2n) is 6.89. The highest BCUT2D eigenvalue weighted by Crippen LogP contribution is 2.34. The van der Waals surface area contributed by atoms with E-state index in [1.807, 2.05) is 37.3 Å². The molecule has 3 rings (SSSR count). The van der Waals surface area contributed by atoms with Crippen LogP contribution in [0.3, 0.4) is 0 Å². The van der Waals surface area contributed by atoms with Gasteiger partial charge in [0, 0.05) is 5.92 Å². The van der Waals surface area contributed by atoms with Gasteiger partial charge in [0.25, 0.3) is 0 Å². The highest BCUT2D eigenvalue weighted by atomic mass is 32.2. The number of hydrogen-bond donors (Lipinski definition) is 1. The van der Waals surface area contributed by atoms with Crippen molar-refractivity contribution in [1.29, 1.82) is 0 Å². The third kappa shape index (κ3) is 4.79. The number of esters is 1. The molecule has 1 fully saturated rings. The SMILES string of the molecule is CCOC(=O)[C@H](NS(=O)(=O)c1ccc(C)cc1)[C@@H]1CO[C@@H](c2ccccc2)C1. The molecular formula is C21H25NO5S. The summed E-state index contributed by atoms with van der Waals surface area (Å²) in [6.45, 7) is 4.03. The maximum Gasteiger partial charge on any atom is 0.324 e. The van der Waals surface area contributed by atoms with Gasteiger partial charge in [-0.2, -0.15) is 4.72 Å². The summed E-state index contributed by atoms with van der Waals surface area (Å²) in [4.78, 5) is 12.6. The summed E-state index contributed by atoms with van der Waals surface area (Å²) in [7, 11) is -3.87. The highest BCUT2D eigenvalue weighted by molar-refractivity contribution is 7.89. The van der Waals surface area contributed by atoms with Crippen LogP contribution in [0.15, 0.2) is 59.5 Å². The fraction of sp³-hybridized carbons (Fsp3) is 0.381. The molecule has 0 aromatic heterocycles. The number of hydrogen-bond acceptors (Lipinski definition) is 5. The van der Waals surface area contributed by atoms with E-state index in [2.05, 4.69) is 4.72 Å². The van der Waals surface area contributed by atoms with Gasteiger partial charge in [0.05, 0.1) is 24.2 Å². The van der Waals surface area contributed by atoms with Crippen LogP contribution in [0.4, 0.5) is 0 Å². The minimum absolute atomic E-state index is 0.117. The molecule has 1 heterocycles. The van der Waals surface area contributed by atoms with Crippen LogP contribution in [-0.2, 0) is 24.3 Å². The molecule has 0 unspecified atom stereocenters. The Morgan fingerprint density at radius 3 is 2.50 bits per heavy atom. The summed E-state index contributed by atoms with van der Waals surface area (Å²) >= 11 is 0. The van der Waals surface area contributed by atoms with Crippen molar-refractivity contribution in [2.45, 2.75) is 37.3 Å². The van der Waals surface area contributed by atoms with Gasteiger partial charge in [-0.25, -0.2) is 8.42 Å². The Hall–Kier alpha value is -2.22. The molecule has 1 saturated heterocycles. The molecule has 3 atom stereocenters. The number of rotatable bonds is 7. The third-order valence-electron chi connectivity index (χ3n) is 4.83. The van der Waals surface area contributed by atoms with Crippen molar-refractivity contribution in [3.8, 4) is 0 Å². The Bertz CT molecular complexity index is 896. The molecule has 1 N–H and O–H groups in total. The van der Waals surface area contributed by atoms with Crippen LogP contribution in [-0.4, -0.2) is 33.6 Å². The topological polar surface area (TPSA) is 81.7 Å². The van der Waals surface area contributed by atoms with E-state index in [4.69, 9.17) is 9.47 Å². The lowest BCUT2D eigenvalue weighted by Gasteiger charge is -2.22. The molecule has 0 radical (unpaired) electrons. The van der Waals surface area contributed by atoms with Gasteiger partial charge in [0.1, 0.15) is 6.04 Å². The van der Waals surface area contributed by atoms with Gasteiger partial charge < -0.3 is 9.47 Å². The lowest BCUT2D eigenvalue weighted by Crippen LogP contribution is -2.47. The molecule has 28 heavy (non-hydrogen) atoms. The summed E-state index contributed by atoms with van der Waals surface area (Å²) in [5.74, 6) is -0.898. The van der Waals surface area contributed by atoms with Crippen molar-refractivity contribution >= 4 is 16.0 Å². The maximum absolute atomic E-state index is 12.8. The number of nitrogens with one attached hydrogen (secondary N) is 1. The quantitative estimate of drug-likeness (QED) is 0.719. The normalized spacial score (nSPS) is 20.6. The van der Waals surface area contributed by atoms with Crippen LogP contribution in [0.1, 0.15) is 30.6 Å². The van der Waals surface area contributed by atoms with Crippen molar-refractivity contribution in [2.24, 2.45) is 5.92 Å². The van der Waals surface area contributed by atoms with Crippen molar-refractivity contribution in [3.63, 3.8) is 0 Å². The molecule has 0 amide bonds. The van der Waals surface area contributed by atoms with Crippen molar-refractivity contribution < 1.29 is 22.7 Å². The first-order valence-electron chi connectivity index (χ1n) is 9.33. The number of benzene rings is 2. The van der Waals surface area contributed by atoms with Gasteiger partial charge in [-0.15, -0.1) is 0 Å². The fourth-order valence-corrected chi connectivity index (χ4v) is 4.56. The predicted octanol–water partition coefficient (Wildman–Crippen LogP) is 2.98. The monoisotopic (exact) mass is 403 g/mol. The lowest BCUT2D eigenvalue weighted by molar-refractivity contribution is -0.146. The largest absolute Gasteiger partial charge is 0.465 e. The minimum atomic E-state index is -3.87. The van der Waals surface area contributed by atoms with E-state index in [0.717, 1.165) is 11.1 Å². The van der Waals surface area contributed by atoms with Crippen LogP contribution in [0.25, 0.3) is 0 Å². The molecule has 7 heteroatoms. The van der Waals surface area contributed by atoms with Gasteiger partial charge in [0.2, 0.25) is 10.0 Å². The van der Waals surface area contributed by atoms with E-state index in [9.17, 15) is 13.2 Å². The average molecular weight is 404 g/mol. The number of carbonyl (C=O) groups excluding carboxylic acids is 1. The first-order chi connectivity index (χ1) is 13.4. The van der Waals surface area contributed by atoms with Crippen LogP contribution >= 0.6 is 0 Å². The molecule has 0 bridgehead atoms. The van der Waals surface area contributed by atoms with E-state index in [-0.39, 0.29) is 30.1 Å². The van der Waals surface area contributed by atoms with E-state index < -0.39 is 22.0 Å². The van der Waals surface area contributed by atoms with Crippen LogP contribution in [0.2, 0.25) is 0 Å². The van der Waals surface area contributed by atoms with Gasteiger partial charge in [-0.3, -0.25) is 4.79 Å². The summed E-state index contributed by atoms with van der Waals surface area (Å²) in [6.07, 6.45) is 0.358. The Morgan fingerprint density at radius 2 is 1.86 bits per heavy atom. The minimum Gasteiger partial charge on any atom is -0.465 e. The van der Waals surface area contributed by atoms with Gasteiger partial charge in [-0.05, 0) is 38.0 Å².